The van der Waals surface area contributed by atoms with E-state index in [-0.39, 0.29) is 5.78 Å². The van der Waals surface area contributed by atoms with Crippen molar-refractivity contribution < 1.29 is 9.53 Å². The summed E-state index contributed by atoms with van der Waals surface area (Å²) >= 11 is 0. The number of benzene rings is 1. The van der Waals surface area contributed by atoms with Crippen LogP contribution in [0.3, 0.4) is 0 Å². The third kappa shape index (κ3) is 1.80. The minimum absolute atomic E-state index is 0.0643. The van der Waals surface area contributed by atoms with Crippen LogP contribution in [-0.4, -0.2) is 10.8 Å². The number of ketones is 1. The molecule has 1 aromatic heterocycles. The highest BCUT2D eigenvalue weighted by Gasteiger charge is 2.26. The lowest BCUT2D eigenvalue weighted by atomic mass is 10.1. The number of aryl methyl sites for hydroxylation is 1. The Bertz CT molecular complexity index is 645. The first-order valence-corrected chi connectivity index (χ1v) is 5.69. The highest BCUT2D eigenvalue weighted by atomic mass is 16.5. The number of Topliss-reactive ketones (excluding diaryl/α,β-unsaturated/α-hetero) is 1. The largest absolute Gasteiger partial charge is 0.452 e. The maximum atomic E-state index is 12.1. The summed E-state index contributed by atoms with van der Waals surface area (Å²) in [6.45, 7) is 1.96. The summed E-state index contributed by atoms with van der Waals surface area (Å²) in [5.74, 6) is 0.929. The molecular formula is C15H11NO2. The van der Waals surface area contributed by atoms with Crippen LogP contribution in [0.25, 0.3) is 6.08 Å². The van der Waals surface area contributed by atoms with E-state index in [0.717, 1.165) is 11.1 Å². The summed E-state index contributed by atoms with van der Waals surface area (Å²) in [5, 5.41) is 0. The van der Waals surface area contributed by atoms with Crippen LogP contribution in [-0.2, 0) is 0 Å². The predicted octanol–water partition coefficient (Wildman–Crippen LogP) is 3.01. The molecule has 1 aliphatic rings. The molecule has 0 spiro atoms. The van der Waals surface area contributed by atoms with Gasteiger partial charge in [0.1, 0.15) is 5.75 Å². The van der Waals surface area contributed by atoms with Crippen LogP contribution in [0.15, 0.2) is 48.5 Å². The first-order valence-electron chi connectivity index (χ1n) is 5.69. The second kappa shape index (κ2) is 4.11. The number of hydrogen-bond donors (Lipinski definition) is 0. The molecule has 1 aliphatic heterocycles. The van der Waals surface area contributed by atoms with Gasteiger partial charge in [0.15, 0.2) is 5.76 Å². The van der Waals surface area contributed by atoms with Gasteiger partial charge >= 0.3 is 0 Å². The van der Waals surface area contributed by atoms with Crippen LogP contribution in [0.1, 0.15) is 21.5 Å². The molecule has 0 saturated heterocycles. The third-order valence-electron chi connectivity index (χ3n) is 2.83. The van der Waals surface area contributed by atoms with Gasteiger partial charge in [0, 0.05) is 12.4 Å². The molecule has 0 fully saturated rings. The van der Waals surface area contributed by atoms with Crippen molar-refractivity contribution in [1.29, 1.82) is 0 Å². The first kappa shape index (κ1) is 10.7. The number of ether oxygens (including phenoxy) is 1. The summed E-state index contributed by atoms with van der Waals surface area (Å²) < 4.78 is 5.57. The lowest BCUT2D eigenvalue weighted by Gasteiger charge is -1.98. The van der Waals surface area contributed by atoms with Crippen LogP contribution in [0.4, 0.5) is 0 Å². The molecule has 0 bridgehead atoms. The lowest BCUT2D eigenvalue weighted by Crippen LogP contribution is -1.98. The monoisotopic (exact) mass is 237 g/mol. The zero-order valence-electron chi connectivity index (χ0n) is 9.88. The van der Waals surface area contributed by atoms with Crippen molar-refractivity contribution in [3.63, 3.8) is 0 Å². The fraction of sp³-hybridized carbons (Fsp3) is 0.0667. The van der Waals surface area contributed by atoms with Crippen LogP contribution in [0, 0.1) is 6.92 Å². The van der Waals surface area contributed by atoms with Crippen molar-refractivity contribution in [3.8, 4) is 5.75 Å². The van der Waals surface area contributed by atoms with E-state index in [1.165, 1.54) is 0 Å². The van der Waals surface area contributed by atoms with E-state index >= 15 is 0 Å². The van der Waals surface area contributed by atoms with Crippen molar-refractivity contribution in [1.82, 2.24) is 4.98 Å². The average Bonchev–Trinajstić information content (AvgIpc) is 2.68. The normalized spacial score (nSPS) is 15.6. The Hall–Kier alpha value is -2.42. The van der Waals surface area contributed by atoms with Crippen molar-refractivity contribution in [3.05, 3.63) is 65.2 Å². The Morgan fingerprint density at radius 2 is 1.94 bits per heavy atom. The van der Waals surface area contributed by atoms with Crippen LogP contribution >= 0.6 is 0 Å². The number of hydrogen-bond acceptors (Lipinski definition) is 3. The van der Waals surface area contributed by atoms with Crippen LogP contribution in [0.2, 0.25) is 0 Å². The summed E-state index contributed by atoms with van der Waals surface area (Å²) in [6, 6.07) is 9.28. The van der Waals surface area contributed by atoms with Gasteiger partial charge in [0.2, 0.25) is 5.78 Å². The molecule has 3 heteroatoms. The molecule has 0 unspecified atom stereocenters. The van der Waals surface area contributed by atoms with Gasteiger partial charge in [-0.2, -0.15) is 0 Å². The topological polar surface area (TPSA) is 39.2 Å². The van der Waals surface area contributed by atoms with E-state index in [4.69, 9.17) is 4.74 Å². The molecule has 2 aromatic rings. The zero-order valence-corrected chi connectivity index (χ0v) is 9.88. The molecule has 0 aliphatic carbocycles. The maximum Gasteiger partial charge on any atom is 0.231 e. The molecule has 3 nitrogen and oxygen atoms in total. The Kier molecular flexibility index (Phi) is 2.45. The van der Waals surface area contributed by atoms with Gasteiger partial charge in [-0.3, -0.25) is 9.78 Å². The number of rotatable bonds is 1. The smallest absolute Gasteiger partial charge is 0.231 e. The molecule has 2 heterocycles. The van der Waals surface area contributed by atoms with Crippen molar-refractivity contribution >= 4 is 11.9 Å². The molecule has 0 radical (unpaired) electrons. The van der Waals surface area contributed by atoms with E-state index in [0.29, 0.717) is 17.1 Å². The summed E-state index contributed by atoms with van der Waals surface area (Å²) in [5.41, 5.74) is 2.59. The van der Waals surface area contributed by atoms with Gasteiger partial charge in [-0.1, -0.05) is 11.6 Å². The molecule has 0 N–H and O–H groups in total. The second-order valence-electron chi connectivity index (χ2n) is 4.22. The fourth-order valence-electron chi connectivity index (χ4n) is 1.91. The summed E-state index contributed by atoms with van der Waals surface area (Å²) in [7, 11) is 0. The molecule has 0 atom stereocenters. The summed E-state index contributed by atoms with van der Waals surface area (Å²) in [6.07, 6.45) is 5.10. The van der Waals surface area contributed by atoms with Crippen molar-refractivity contribution in [2.24, 2.45) is 0 Å². The minimum Gasteiger partial charge on any atom is -0.452 e. The highest BCUT2D eigenvalue weighted by Crippen LogP contribution is 2.32. The van der Waals surface area contributed by atoms with E-state index < -0.39 is 0 Å². The molecule has 18 heavy (non-hydrogen) atoms. The highest BCUT2D eigenvalue weighted by molar-refractivity contribution is 6.14. The van der Waals surface area contributed by atoms with Crippen LogP contribution in [0.5, 0.6) is 5.75 Å². The molecule has 3 rings (SSSR count). The number of pyridine rings is 1. The number of carbonyl (C=O) groups excluding carboxylic acids is 1. The Balaban J connectivity index is 2.00. The standard InChI is InChI=1S/C15H11NO2/c1-10-2-3-13-12(8-10)15(17)14(18-13)9-11-4-6-16-7-5-11/h2-9H,1H3/b14-9-. The minimum atomic E-state index is -0.0643. The molecular weight excluding hydrogens is 226 g/mol. The second-order valence-corrected chi connectivity index (χ2v) is 4.22. The summed E-state index contributed by atoms with van der Waals surface area (Å²) in [4.78, 5) is 16.1. The van der Waals surface area contributed by atoms with Gasteiger partial charge in [-0.25, -0.2) is 0 Å². The maximum absolute atomic E-state index is 12.1. The first-order chi connectivity index (χ1) is 8.74. The number of carbonyl (C=O) groups is 1. The van der Waals surface area contributed by atoms with Gasteiger partial charge in [0.05, 0.1) is 5.56 Å². The SMILES string of the molecule is Cc1ccc2c(c1)C(=O)/C(=C/c1ccncc1)O2. The Labute approximate surface area is 105 Å². The zero-order chi connectivity index (χ0) is 12.5. The Morgan fingerprint density at radius 1 is 1.17 bits per heavy atom. The quantitative estimate of drug-likeness (QED) is 0.716. The van der Waals surface area contributed by atoms with Gasteiger partial charge in [0.25, 0.3) is 0 Å². The molecule has 1 aromatic carbocycles. The average molecular weight is 237 g/mol. The van der Waals surface area contributed by atoms with Gasteiger partial charge in [-0.05, 0) is 42.8 Å². The molecule has 88 valence electrons. The number of aromatic nitrogens is 1. The number of allylic oxidation sites excluding steroid dienone is 1. The van der Waals surface area contributed by atoms with E-state index in [1.54, 1.807) is 18.5 Å². The van der Waals surface area contributed by atoms with Gasteiger partial charge in [-0.15, -0.1) is 0 Å². The van der Waals surface area contributed by atoms with Crippen molar-refractivity contribution in [2.45, 2.75) is 6.92 Å². The molecule has 0 saturated carbocycles. The predicted molar refractivity (Wildman–Crippen MR) is 68.4 cm³/mol. The number of nitrogens with zero attached hydrogens (tertiary/aromatic N) is 1. The van der Waals surface area contributed by atoms with Gasteiger partial charge < -0.3 is 4.74 Å². The van der Waals surface area contributed by atoms with E-state index in [9.17, 15) is 4.79 Å². The van der Waals surface area contributed by atoms with E-state index in [2.05, 4.69) is 4.98 Å². The number of fused-ring (bicyclic) bond motifs is 1. The van der Waals surface area contributed by atoms with Crippen molar-refractivity contribution in [2.75, 3.05) is 0 Å². The fourth-order valence-corrected chi connectivity index (χ4v) is 1.91. The molecule has 0 amide bonds. The third-order valence-corrected chi connectivity index (χ3v) is 2.83. The van der Waals surface area contributed by atoms with Crippen LogP contribution < -0.4 is 4.74 Å². The lowest BCUT2D eigenvalue weighted by molar-refractivity contribution is 0.101. The van der Waals surface area contributed by atoms with E-state index in [1.807, 2.05) is 37.3 Å². The Morgan fingerprint density at radius 3 is 2.72 bits per heavy atom.